The standard InChI is InChI=1S/C76H110N14O4/c1-74(2,3)40-14-18-44-50(36-40)70-85-66(44)82-65-43-17-13-39(35-49(43)69(83-65)84-67-45-19-15-41(75(4,5)6)37-51(45)71(87-67)89-72-52-38-42(76(7,8)9)16-20-46(52)68(86-70)88-72)63-57-27-23-53(78-57)47(21-31-61(91)93-11)55-25-29-59(80-55)64(73-77-33-34-90(73)10)60-30-26-56(81-60)48(22-32-62(92)94-12)54-24-28-58(63)79-54/h23-30,33-34,39-46,49-52,65-72,78-89H,13-22,31-32,35-38H2,1-12H3. The first-order valence-electron chi connectivity index (χ1n) is 36.5. The SMILES string of the molecule is COC(=O)CCC1=c2ccc([nH]2)=C(c2nccn2C)c2ccc([nH]2)C(CCC(=O)OC)=c2ccc([nH]2)=C(C2CCC3C4NC5NC(NC6NC(NC7NC(NC(N4)C3C2)C2CCC(C(C)(C)C)CC72)C2CC(C(C)(C)C)CCC62)C2CC(C(C)(C)C)CCC52)c2ccc1[nH]2. The lowest BCUT2D eigenvalue weighted by atomic mass is 9.64. The number of nitrogens with one attached hydrogen (secondary N) is 12. The van der Waals surface area contributed by atoms with Crippen LogP contribution in [0.3, 0.4) is 0 Å². The van der Waals surface area contributed by atoms with E-state index in [-0.39, 0.29) is 96.3 Å². The lowest BCUT2D eigenvalue weighted by molar-refractivity contribution is -0.141. The van der Waals surface area contributed by atoms with Crippen molar-refractivity contribution in [2.75, 3.05) is 14.2 Å². The van der Waals surface area contributed by atoms with E-state index in [0.29, 0.717) is 77.9 Å². The van der Waals surface area contributed by atoms with E-state index in [2.05, 4.69) is 173 Å². The molecule has 0 spiro atoms. The van der Waals surface area contributed by atoms with Crippen LogP contribution in [-0.2, 0) is 26.1 Å². The van der Waals surface area contributed by atoms with Crippen LogP contribution in [0.2, 0.25) is 0 Å². The molecule has 12 N–H and O–H groups in total. The van der Waals surface area contributed by atoms with E-state index in [1.165, 1.54) is 77.6 Å². The second-order valence-corrected chi connectivity index (χ2v) is 34.0. The predicted octanol–water partition coefficient (Wildman–Crippen LogP) is 7.46. The van der Waals surface area contributed by atoms with Gasteiger partial charge in [-0.05, 0) is 237 Å². The molecule has 5 aromatic rings. The maximum atomic E-state index is 13.1. The molecule has 16 bridgehead atoms. The molecule has 5 saturated heterocycles. The summed E-state index contributed by atoms with van der Waals surface area (Å²) < 4.78 is 12.6. The number of esters is 2. The van der Waals surface area contributed by atoms with Gasteiger partial charge in [0, 0.05) is 71.0 Å². The normalized spacial score (nSPS) is 35.8. The third-order valence-corrected chi connectivity index (χ3v) is 26.0. The van der Waals surface area contributed by atoms with Gasteiger partial charge in [0.1, 0.15) is 5.82 Å². The monoisotopic (exact) mass is 1280 g/mol. The third-order valence-electron chi connectivity index (χ3n) is 26.0. The molecule has 94 heavy (non-hydrogen) atoms. The van der Waals surface area contributed by atoms with Crippen LogP contribution < -0.4 is 63.9 Å². The molecule has 15 rings (SSSR count). The number of nitrogens with zero attached hydrogens (tertiary/aromatic N) is 2. The van der Waals surface area contributed by atoms with Gasteiger partial charge in [0.25, 0.3) is 0 Å². The number of methoxy groups -OCH3 is 2. The van der Waals surface area contributed by atoms with Gasteiger partial charge in [-0.3, -0.25) is 52.1 Å². The second-order valence-electron chi connectivity index (χ2n) is 34.0. The van der Waals surface area contributed by atoms with E-state index in [1.807, 2.05) is 24.0 Å². The molecule has 5 aromatic heterocycles. The number of aryl methyl sites for hydroxylation is 1. The van der Waals surface area contributed by atoms with Gasteiger partial charge in [0.05, 0.1) is 80.2 Å². The van der Waals surface area contributed by atoms with Crippen LogP contribution in [0, 0.1) is 87.3 Å². The van der Waals surface area contributed by atoms with Crippen LogP contribution in [0.25, 0.3) is 22.3 Å². The van der Waals surface area contributed by atoms with Gasteiger partial charge < -0.3 is 34.0 Å². The van der Waals surface area contributed by atoms with Crippen molar-refractivity contribution in [3.8, 4) is 0 Å². The smallest absolute Gasteiger partial charge is 0.305 e. The molecule has 10 aliphatic rings. The molecule has 18 heteroatoms. The number of imidazole rings is 1. The highest BCUT2D eigenvalue weighted by molar-refractivity contribution is 5.78. The average molecular weight is 1280 g/mol. The molecule has 0 radical (unpaired) electrons. The number of ether oxygens (including phenoxy) is 2. The van der Waals surface area contributed by atoms with Crippen LogP contribution >= 0.6 is 0 Å². The van der Waals surface area contributed by atoms with E-state index in [4.69, 9.17) is 14.5 Å². The van der Waals surface area contributed by atoms with Crippen LogP contribution in [0.15, 0.2) is 60.9 Å². The molecule has 9 fully saturated rings. The zero-order chi connectivity index (χ0) is 65.3. The predicted molar refractivity (Wildman–Crippen MR) is 368 cm³/mol. The van der Waals surface area contributed by atoms with Crippen LogP contribution in [0.4, 0.5) is 0 Å². The quantitative estimate of drug-likeness (QED) is 0.0679. The summed E-state index contributed by atoms with van der Waals surface area (Å²) in [6, 6.07) is 17.4. The highest BCUT2D eigenvalue weighted by atomic mass is 16.5. The summed E-state index contributed by atoms with van der Waals surface area (Å²) in [6.07, 6.45) is 20.8. The molecule has 20 unspecified atom stereocenters. The molecule has 4 saturated carbocycles. The topological polar surface area (TPSA) is 230 Å². The van der Waals surface area contributed by atoms with Crippen molar-refractivity contribution in [2.45, 2.75) is 214 Å². The fraction of sp³-hybridized carbons (Fsp3) is 0.671. The zero-order valence-electron chi connectivity index (χ0n) is 58.2. The molecule has 11 heterocycles. The lowest BCUT2D eigenvalue weighted by Gasteiger charge is -2.43. The first-order valence-corrected chi connectivity index (χ1v) is 36.5. The molecule has 6 aliphatic heterocycles. The number of aromatic nitrogens is 6. The highest BCUT2D eigenvalue weighted by Gasteiger charge is 2.57. The van der Waals surface area contributed by atoms with Gasteiger partial charge in [-0.1, -0.05) is 62.3 Å². The average Bonchev–Trinajstić information content (AvgIpc) is 1.59. The van der Waals surface area contributed by atoms with Gasteiger partial charge >= 0.3 is 11.9 Å². The summed E-state index contributed by atoms with van der Waals surface area (Å²) >= 11 is 0. The molecule has 20 atom stereocenters. The minimum Gasteiger partial charge on any atom is -0.469 e. The van der Waals surface area contributed by atoms with Crippen LogP contribution in [-0.4, -0.2) is 105 Å². The summed E-state index contributed by atoms with van der Waals surface area (Å²) in [5.41, 5.74) is 8.72. The molecule has 508 valence electrons. The number of hydrogen-bond acceptors (Lipinski definition) is 13. The summed E-state index contributed by atoms with van der Waals surface area (Å²) in [5, 5.41) is 39.5. The van der Waals surface area contributed by atoms with E-state index in [1.54, 1.807) is 0 Å². The first-order chi connectivity index (χ1) is 45.0. The van der Waals surface area contributed by atoms with E-state index in [0.717, 1.165) is 86.0 Å². The maximum Gasteiger partial charge on any atom is 0.305 e. The Bertz CT molecular complexity index is 3860. The Labute approximate surface area is 556 Å². The number of aromatic amines is 4. The van der Waals surface area contributed by atoms with Gasteiger partial charge in [0.15, 0.2) is 0 Å². The van der Waals surface area contributed by atoms with Crippen molar-refractivity contribution in [2.24, 2.45) is 94.3 Å². The minimum atomic E-state index is -0.254. The summed E-state index contributed by atoms with van der Waals surface area (Å²) in [6.45, 7) is 22.3. The van der Waals surface area contributed by atoms with Crippen molar-refractivity contribution < 1.29 is 19.1 Å². The van der Waals surface area contributed by atoms with Gasteiger partial charge in [-0.15, -0.1) is 0 Å². The van der Waals surface area contributed by atoms with Gasteiger partial charge in [-0.2, -0.15) is 0 Å². The molecule has 0 amide bonds. The van der Waals surface area contributed by atoms with Crippen molar-refractivity contribution in [1.29, 1.82) is 0 Å². The minimum absolute atomic E-state index is 0.0563. The Hall–Kier alpha value is -5.57. The van der Waals surface area contributed by atoms with Crippen molar-refractivity contribution in [1.82, 2.24) is 72.0 Å². The first kappa shape index (κ1) is 64.4. The summed E-state index contributed by atoms with van der Waals surface area (Å²) in [4.78, 5) is 46.8. The fourth-order valence-corrected chi connectivity index (χ4v) is 20.6. The number of fused-ring (bicyclic) bond motifs is 28. The number of carbonyl (C=O) groups is 2. The van der Waals surface area contributed by atoms with Crippen molar-refractivity contribution in [3.63, 3.8) is 0 Å². The van der Waals surface area contributed by atoms with E-state index in [9.17, 15) is 9.59 Å². The zero-order valence-corrected chi connectivity index (χ0v) is 58.2. The number of hydrogen-bond donors (Lipinski definition) is 12. The van der Waals surface area contributed by atoms with E-state index < -0.39 is 0 Å². The molecule has 4 aliphatic carbocycles. The molecule has 0 aromatic carbocycles. The fourth-order valence-electron chi connectivity index (χ4n) is 20.6. The van der Waals surface area contributed by atoms with Crippen LogP contribution in [0.5, 0.6) is 0 Å². The molecular formula is C76H110N14O4. The van der Waals surface area contributed by atoms with Crippen molar-refractivity contribution in [3.05, 3.63) is 111 Å². The number of H-pyrrole nitrogens is 4. The Morgan fingerprint density at radius 1 is 0.436 bits per heavy atom. The van der Waals surface area contributed by atoms with Crippen LogP contribution in [0.1, 0.15) is 194 Å². The Balaban J connectivity index is 0.836. The second kappa shape index (κ2) is 25.1. The Kier molecular flexibility index (Phi) is 17.2. The highest BCUT2D eigenvalue weighted by Crippen LogP contribution is 2.53. The van der Waals surface area contributed by atoms with Gasteiger partial charge in [-0.25, -0.2) is 4.98 Å². The van der Waals surface area contributed by atoms with Gasteiger partial charge in [0.2, 0.25) is 0 Å². The third kappa shape index (κ3) is 12.1. The molecule has 18 nitrogen and oxygen atoms in total. The Morgan fingerprint density at radius 2 is 0.798 bits per heavy atom. The Morgan fingerprint density at radius 3 is 1.21 bits per heavy atom. The summed E-state index contributed by atoms with van der Waals surface area (Å²) in [7, 11) is 4.94. The maximum absolute atomic E-state index is 13.1. The molecular weight excluding hydrogens is 1170 g/mol. The largest absolute Gasteiger partial charge is 0.469 e. The number of rotatable bonds is 8. The summed E-state index contributed by atoms with van der Waals surface area (Å²) in [5.74, 6) is 6.34. The lowest BCUT2D eigenvalue weighted by Crippen LogP contribution is -2.61. The van der Waals surface area contributed by atoms with Crippen molar-refractivity contribution >= 4 is 34.2 Å². The number of carbonyl (C=O) groups excluding carboxylic acids is 2. The van der Waals surface area contributed by atoms with E-state index >= 15 is 0 Å².